The number of nitrogens with one attached hydrogen (secondary N) is 2. The fourth-order valence-corrected chi connectivity index (χ4v) is 4.30. The number of carbonyl (C=O) groups is 1. The van der Waals surface area contributed by atoms with Gasteiger partial charge in [-0.05, 0) is 61.6 Å². The number of benzene rings is 1. The molecular formula is C23H27F3N4O3S. The van der Waals surface area contributed by atoms with Gasteiger partial charge < -0.3 is 10.2 Å². The first-order valence-corrected chi connectivity index (χ1v) is 12.7. The van der Waals surface area contributed by atoms with Crippen LogP contribution in [0.15, 0.2) is 36.4 Å². The summed E-state index contributed by atoms with van der Waals surface area (Å²) >= 11 is 0. The first-order valence-electron chi connectivity index (χ1n) is 10.8. The molecule has 2 N–H and O–H groups in total. The van der Waals surface area contributed by atoms with Crippen LogP contribution in [-0.2, 0) is 27.5 Å². The zero-order valence-electron chi connectivity index (χ0n) is 18.9. The minimum atomic E-state index is -4.55. The topological polar surface area (TPSA) is 91.4 Å². The number of nitrogens with zero attached hydrogens (tertiary/aromatic N) is 2. The fourth-order valence-electron chi connectivity index (χ4n) is 3.67. The molecule has 0 unspecified atom stereocenters. The quantitative estimate of drug-likeness (QED) is 0.564. The Morgan fingerprint density at radius 3 is 2.47 bits per heavy atom. The third-order valence-corrected chi connectivity index (χ3v) is 5.91. The molecule has 1 aromatic carbocycles. The van der Waals surface area contributed by atoms with E-state index in [9.17, 15) is 26.4 Å². The number of sulfonamides is 1. The maximum atomic E-state index is 13.2. The average molecular weight is 497 g/mol. The van der Waals surface area contributed by atoms with Gasteiger partial charge in [0.2, 0.25) is 15.9 Å². The Labute approximate surface area is 197 Å². The molecule has 1 saturated heterocycles. The zero-order chi connectivity index (χ0) is 24.9. The molecule has 2 aromatic rings. The minimum absolute atomic E-state index is 0.202. The highest BCUT2D eigenvalue weighted by Gasteiger charge is 2.33. The van der Waals surface area contributed by atoms with Gasteiger partial charge in [0, 0.05) is 31.3 Å². The van der Waals surface area contributed by atoms with Crippen molar-refractivity contribution in [2.45, 2.75) is 38.9 Å². The lowest BCUT2D eigenvalue weighted by Crippen LogP contribution is -2.31. The van der Waals surface area contributed by atoms with Crippen molar-refractivity contribution in [1.29, 1.82) is 0 Å². The van der Waals surface area contributed by atoms with Gasteiger partial charge in [0.25, 0.3) is 0 Å². The monoisotopic (exact) mass is 496 g/mol. The van der Waals surface area contributed by atoms with Crippen molar-refractivity contribution in [2.75, 3.05) is 29.0 Å². The number of piperidine rings is 1. The van der Waals surface area contributed by atoms with Crippen LogP contribution in [0.4, 0.5) is 24.7 Å². The lowest BCUT2D eigenvalue weighted by molar-refractivity contribution is -0.141. The van der Waals surface area contributed by atoms with E-state index in [-0.39, 0.29) is 12.4 Å². The van der Waals surface area contributed by atoms with E-state index in [2.05, 4.69) is 15.0 Å². The smallest absolute Gasteiger partial charge is 0.356 e. The first kappa shape index (κ1) is 25.5. The lowest BCUT2D eigenvalue weighted by atomic mass is 10.1. The number of anilines is 2. The van der Waals surface area contributed by atoms with Crippen LogP contribution in [0, 0.1) is 6.92 Å². The molecule has 0 spiro atoms. The third-order valence-electron chi connectivity index (χ3n) is 5.32. The van der Waals surface area contributed by atoms with Gasteiger partial charge in [-0.3, -0.25) is 9.52 Å². The van der Waals surface area contributed by atoms with Gasteiger partial charge in [-0.25, -0.2) is 13.4 Å². The van der Waals surface area contributed by atoms with Gasteiger partial charge in [-0.15, -0.1) is 0 Å². The van der Waals surface area contributed by atoms with Gasteiger partial charge in [0.15, 0.2) is 0 Å². The van der Waals surface area contributed by atoms with Crippen molar-refractivity contribution < 1.29 is 26.4 Å². The minimum Gasteiger partial charge on any atom is -0.356 e. The van der Waals surface area contributed by atoms with Crippen LogP contribution in [0.5, 0.6) is 0 Å². The number of aromatic nitrogens is 1. The van der Waals surface area contributed by atoms with Crippen LogP contribution < -0.4 is 14.9 Å². The standard InChI is InChI=1S/C23H27F3N4O3S/c1-16-14-17(6-9-19(16)29-34(2,32)33)15-27-21(31)11-8-18-7-10-20(23(24,25)26)28-22(18)30-12-4-3-5-13-30/h6-11,14,29H,3-5,12-13,15H2,1-2H3,(H,27,31). The van der Waals surface area contributed by atoms with Crippen molar-refractivity contribution in [1.82, 2.24) is 10.3 Å². The number of rotatable bonds is 7. The summed E-state index contributed by atoms with van der Waals surface area (Å²) in [7, 11) is -3.39. The number of hydrogen-bond acceptors (Lipinski definition) is 5. The summed E-state index contributed by atoms with van der Waals surface area (Å²) < 4.78 is 64.7. The molecule has 34 heavy (non-hydrogen) atoms. The Bertz CT molecular complexity index is 1170. The lowest BCUT2D eigenvalue weighted by Gasteiger charge is -2.29. The molecule has 0 atom stereocenters. The van der Waals surface area contributed by atoms with Gasteiger partial charge >= 0.3 is 6.18 Å². The highest BCUT2D eigenvalue weighted by Crippen LogP contribution is 2.32. The molecule has 11 heteroatoms. The van der Waals surface area contributed by atoms with Crippen LogP contribution in [0.3, 0.4) is 0 Å². The summed E-state index contributed by atoms with van der Waals surface area (Å²) in [4.78, 5) is 18.0. The van der Waals surface area contributed by atoms with Crippen molar-refractivity contribution in [2.24, 2.45) is 0 Å². The van der Waals surface area contributed by atoms with E-state index in [1.54, 1.807) is 25.1 Å². The van der Waals surface area contributed by atoms with E-state index in [1.165, 1.54) is 18.2 Å². The SMILES string of the molecule is Cc1cc(CNC(=O)C=Cc2ccc(C(F)(F)F)nc2N2CCCCC2)ccc1NS(C)(=O)=O. The van der Waals surface area contributed by atoms with Crippen LogP contribution in [0.1, 0.15) is 41.6 Å². The molecule has 0 saturated carbocycles. The van der Waals surface area contributed by atoms with Gasteiger partial charge in [-0.2, -0.15) is 13.2 Å². The Balaban J connectivity index is 1.70. The van der Waals surface area contributed by atoms with Crippen molar-refractivity contribution in [3.05, 3.63) is 58.8 Å². The van der Waals surface area contributed by atoms with Crippen LogP contribution >= 0.6 is 0 Å². The Hall–Kier alpha value is -3.08. The molecule has 0 aliphatic carbocycles. The van der Waals surface area contributed by atoms with Crippen LogP contribution in [0.2, 0.25) is 0 Å². The molecule has 1 aliphatic rings. The van der Waals surface area contributed by atoms with E-state index in [4.69, 9.17) is 0 Å². The molecular weight excluding hydrogens is 469 g/mol. The van der Waals surface area contributed by atoms with E-state index in [0.717, 1.165) is 37.1 Å². The fraction of sp³-hybridized carbons (Fsp3) is 0.391. The van der Waals surface area contributed by atoms with E-state index in [0.29, 0.717) is 29.9 Å². The largest absolute Gasteiger partial charge is 0.433 e. The summed E-state index contributed by atoms with van der Waals surface area (Å²) in [5.74, 6) is -0.191. The highest BCUT2D eigenvalue weighted by molar-refractivity contribution is 7.92. The molecule has 7 nitrogen and oxygen atoms in total. The number of alkyl halides is 3. The second kappa shape index (κ2) is 10.5. The number of pyridine rings is 1. The summed E-state index contributed by atoms with van der Waals surface area (Å²) in [6.45, 7) is 3.18. The predicted octanol–water partition coefficient (Wildman–Crippen LogP) is 4.10. The number of hydrogen-bond donors (Lipinski definition) is 2. The Morgan fingerprint density at radius 1 is 1.15 bits per heavy atom. The summed E-state index contributed by atoms with van der Waals surface area (Å²) in [6, 6.07) is 7.32. The van der Waals surface area contributed by atoms with Gasteiger partial charge in [-0.1, -0.05) is 12.1 Å². The molecule has 1 amide bonds. The van der Waals surface area contributed by atoms with Gasteiger partial charge in [0.05, 0.1) is 11.9 Å². The predicted molar refractivity (Wildman–Crippen MR) is 126 cm³/mol. The second-order valence-electron chi connectivity index (χ2n) is 8.23. The number of amides is 1. The Morgan fingerprint density at radius 2 is 1.85 bits per heavy atom. The third kappa shape index (κ3) is 7.21. The average Bonchev–Trinajstić information content (AvgIpc) is 2.77. The molecule has 1 aliphatic heterocycles. The molecule has 2 heterocycles. The molecule has 184 valence electrons. The molecule has 1 fully saturated rings. The van der Waals surface area contributed by atoms with Crippen molar-refractivity contribution >= 4 is 33.5 Å². The molecule has 3 rings (SSSR count). The normalized spacial score (nSPS) is 14.9. The second-order valence-corrected chi connectivity index (χ2v) is 9.98. The zero-order valence-corrected chi connectivity index (χ0v) is 19.8. The maximum Gasteiger partial charge on any atom is 0.433 e. The number of carbonyl (C=O) groups excluding carboxylic acids is 1. The number of halogens is 3. The van der Waals surface area contributed by atoms with Gasteiger partial charge in [0.1, 0.15) is 11.5 Å². The van der Waals surface area contributed by atoms with Crippen LogP contribution in [0.25, 0.3) is 6.08 Å². The van der Waals surface area contributed by atoms with E-state index in [1.807, 2.05) is 4.90 Å². The molecule has 1 aromatic heterocycles. The van der Waals surface area contributed by atoms with Crippen molar-refractivity contribution in [3.8, 4) is 0 Å². The first-order chi connectivity index (χ1) is 15.9. The Kier molecular flexibility index (Phi) is 7.86. The molecule has 0 radical (unpaired) electrons. The number of aryl methyl sites for hydroxylation is 1. The summed E-state index contributed by atoms with van der Waals surface area (Å²) in [5, 5.41) is 2.72. The van der Waals surface area contributed by atoms with E-state index < -0.39 is 27.8 Å². The summed E-state index contributed by atoms with van der Waals surface area (Å²) in [5.41, 5.74) is 1.41. The summed E-state index contributed by atoms with van der Waals surface area (Å²) in [6.07, 6.45) is 2.03. The highest BCUT2D eigenvalue weighted by atomic mass is 32.2. The van der Waals surface area contributed by atoms with Crippen molar-refractivity contribution in [3.63, 3.8) is 0 Å². The maximum absolute atomic E-state index is 13.2. The molecule has 0 bridgehead atoms. The van der Waals surface area contributed by atoms with E-state index >= 15 is 0 Å². The van der Waals surface area contributed by atoms with Crippen LogP contribution in [-0.4, -0.2) is 38.7 Å².